The molecule has 1 aromatic carbocycles. The molecule has 0 saturated carbocycles. The van der Waals surface area contributed by atoms with Crippen molar-refractivity contribution >= 4 is 34.0 Å². The molecule has 20 heavy (non-hydrogen) atoms. The van der Waals surface area contributed by atoms with Crippen LogP contribution in [0.15, 0.2) is 23.6 Å². The molecule has 4 N–H and O–H groups in total. The molecule has 0 saturated heterocycles. The molecular formula is C12H10FN3O3S. The quantitative estimate of drug-likeness (QED) is 0.796. The predicted molar refractivity (Wildman–Crippen MR) is 72.2 cm³/mol. The van der Waals surface area contributed by atoms with Gasteiger partial charge < -0.3 is 16.2 Å². The van der Waals surface area contributed by atoms with Crippen molar-refractivity contribution < 1.29 is 19.1 Å². The molecule has 2 rings (SSSR count). The summed E-state index contributed by atoms with van der Waals surface area (Å²) in [5, 5.41) is 13.2. The monoisotopic (exact) mass is 295 g/mol. The maximum absolute atomic E-state index is 13.4. The standard InChI is InChI=1S/C12H10FN3O3S/c13-7-2-1-3-8(10(7)11(18)19)16-9(17)4-6-5-20-12(14)15-6/h1-3,5H,4H2,(H2,14,15)(H,16,17)(H,18,19). The van der Waals surface area contributed by atoms with Crippen molar-refractivity contribution in [3.8, 4) is 0 Å². The molecule has 2 aromatic rings. The third kappa shape index (κ3) is 3.09. The van der Waals surface area contributed by atoms with E-state index < -0.39 is 23.3 Å². The highest BCUT2D eigenvalue weighted by molar-refractivity contribution is 7.13. The Hall–Kier alpha value is -2.48. The Morgan fingerprint density at radius 3 is 2.80 bits per heavy atom. The molecule has 0 bridgehead atoms. The summed E-state index contributed by atoms with van der Waals surface area (Å²) in [7, 11) is 0. The van der Waals surface area contributed by atoms with Crippen LogP contribution < -0.4 is 11.1 Å². The number of benzene rings is 1. The smallest absolute Gasteiger partial charge is 0.340 e. The van der Waals surface area contributed by atoms with Crippen molar-refractivity contribution in [3.63, 3.8) is 0 Å². The Labute approximate surface area is 117 Å². The van der Waals surface area contributed by atoms with Crippen molar-refractivity contribution in [2.75, 3.05) is 11.1 Å². The molecule has 0 radical (unpaired) electrons. The number of halogens is 1. The largest absolute Gasteiger partial charge is 0.478 e. The highest BCUT2D eigenvalue weighted by Crippen LogP contribution is 2.19. The predicted octanol–water partition coefficient (Wildman–Crippen LogP) is 1.74. The minimum Gasteiger partial charge on any atom is -0.478 e. The fourth-order valence-corrected chi connectivity index (χ4v) is 2.17. The Morgan fingerprint density at radius 2 is 2.20 bits per heavy atom. The number of nitrogens with zero attached hydrogens (tertiary/aromatic N) is 1. The number of nitrogens with one attached hydrogen (secondary N) is 1. The summed E-state index contributed by atoms with van der Waals surface area (Å²) in [5.74, 6) is -2.85. The molecule has 0 fully saturated rings. The van der Waals surface area contributed by atoms with Crippen LogP contribution in [0, 0.1) is 5.82 Å². The number of anilines is 2. The van der Waals surface area contributed by atoms with Gasteiger partial charge in [0, 0.05) is 5.38 Å². The summed E-state index contributed by atoms with van der Waals surface area (Å²) in [4.78, 5) is 26.7. The zero-order chi connectivity index (χ0) is 14.7. The minimum atomic E-state index is -1.45. The first kappa shape index (κ1) is 13.9. The van der Waals surface area contributed by atoms with E-state index in [9.17, 15) is 14.0 Å². The van der Waals surface area contributed by atoms with Crippen LogP contribution in [-0.2, 0) is 11.2 Å². The van der Waals surface area contributed by atoms with Crippen molar-refractivity contribution in [1.29, 1.82) is 0 Å². The number of nitrogens with two attached hydrogens (primary N) is 1. The first-order valence-corrected chi connectivity index (χ1v) is 6.37. The number of carboxylic acid groups (broad SMARTS) is 1. The van der Waals surface area contributed by atoms with Crippen LogP contribution in [-0.4, -0.2) is 22.0 Å². The lowest BCUT2D eigenvalue weighted by Crippen LogP contribution is -2.17. The van der Waals surface area contributed by atoms with E-state index in [4.69, 9.17) is 10.8 Å². The van der Waals surface area contributed by atoms with Gasteiger partial charge in [0.25, 0.3) is 0 Å². The highest BCUT2D eigenvalue weighted by atomic mass is 32.1. The maximum Gasteiger partial charge on any atom is 0.340 e. The van der Waals surface area contributed by atoms with Gasteiger partial charge in [0.1, 0.15) is 11.4 Å². The molecular weight excluding hydrogens is 285 g/mol. The molecule has 104 valence electrons. The van der Waals surface area contributed by atoms with Gasteiger partial charge in [0.2, 0.25) is 5.91 Å². The van der Waals surface area contributed by atoms with Crippen molar-refractivity contribution in [3.05, 3.63) is 40.7 Å². The fraction of sp³-hybridized carbons (Fsp3) is 0.0833. The van der Waals surface area contributed by atoms with Crippen molar-refractivity contribution in [2.45, 2.75) is 6.42 Å². The third-order valence-electron chi connectivity index (χ3n) is 2.41. The number of nitrogen functional groups attached to an aromatic ring is 1. The van der Waals surface area contributed by atoms with Crippen LogP contribution in [0.25, 0.3) is 0 Å². The second kappa shape index (κ2) is 5.66. The number of carbonyl (C=O) groups is 2. The molecule has 0 aliphatic rings. The number of rotatable bonds is 4. The highest BCUT2D eigenvalue weighted by Gasteiger charge is 2.17. The molecule has 8 heteroatoms. The van der Waals surface area contributed by atoms with Crippen LogP contribution in [0.2, 0.25) is 0 Å². The second-order valence-electron chi connectivity index (χ2n) is 3.87. The molecule has 0 aliphatic carbocycles. The molecule has 1 amide bonds. The Kier molecular flexibility index (Phi) is 3.94. The van der Waals surface area contributed by atoms with Crippen LogP contribution in [0.1, 0.15) is 16.1 Å². The van der Waals surface area contributed by atoms with E-state index in [1.807, 2.05) is 0 Å². The topological polar surface area (TPSA) is 105 Å². The lowest BCUT2D eigenvalue weighted by Gasteiger charge is -2.08. The summed E-state index contributed by atoms with van der Waals surface area (Å²) in [5.41, 5.74) is 5.25. The van der Waals surface area contributed by atoms with E-state index in [2.05, 4.69) is 10.3 Å². The summed E-state index contributed by atoms with van der Waals surface area (Å²) < 4.78 is 13.4. The summed E-state index contributed by atoms with van der Waals surface area (Å²) in [6, 6.07) is 3.65. The van der Waals surface area contributed by atoms with Gasteiger partial charge >= 0.3 is 5.97 Å². The summed E-state index contributed by atoms with van der Waals surface area (Å²) >= 11 is 1.20. The maximum atomic E-state index is 13.4. The zero-order valence-electron chi connectivity index (χ0n) is 10.1. The average Bonchev–Trinajstić information content (AvgIpc) is 2.74. The van der Waals surface area contributed by atoms with E-state index in [1.54, 1.807) is 5.38 Å². The Balaban J connectivity index is 2.16. The number of carbonyl (C=O) groups excluding carboxylic acids is 1. The molecule has 0 unspecified atom stereocenters. The fourth-order valence-electron chi connectivity index (χ4n) is 1.61. The Bertz CT molecular complexity index is 672. The van der Waals surface area contributed by atoms with Gasteiger partial charge in [-0.05, 0) is 12.1 Å². The van der Waals surface area contributed by atoms with Gasteiger partial charge in [-0.15, -0.1) is 11.3 Å². The minimum absolute atomic E-state index is 0.0662. The van der Waals surface area contributed by atoms with Crippen LogP contribution in [0.5, 0.6) is 0 Å². The van der Waals surface area contributed by atoms with Gasteiger partial charge in [0.15, 0.2) is 5.13 Å². The number of amides is 1. The first-order valence-electron chi connectivity index (χ1n) is 5.49. The van der Waals surface area contributed by atoms with Gasteiger partial charge in [-0.2, -0.15) is 0 Å². The van der Waals surface area contributed by atoms with E-state index >= 15 is 0 Å². The number of hydrogen-bond donors (Lipinski definition) is 3. The van der Waals surface area contributed by atoms with E-state index in [0.29, 0.717) is 10.8 Å². The number of aromatic nitrogens is 1. The molecule has 6 nitrogen and oxygen atoms in total. The van der Waals surface area contributed by atoms with Gasteiger partial charge in [-0.1, -0.05) is 6.07 Å². The van der Waals surface area contributed by atoms with Crippen molar-refractivity contribution in [2.24, 2.45) is 0 Å². The van der Waals surface area contributed by atoms with E-state index in [0.717, 1.165) is 6.07 Å². The van der Waals surface area contributed by atoms with E-state index in [-0.39, 0.29) is 12.1 Å². The number of hydrogen-bond acceptors (Lipinski definition) is 5. The second-order valence-corrected chi connectivity index (χ2v) is 4.76. The number of thiazole rings is 1. The van der Waals surface area contributed by atoms with Crippen LogP contribution in [0.4, 0.5) is 15.2 Å². The zero-order valence-corrected chi connectivity index (χ0v) is 10.9. The molecule has 0 atom stereocenters. The normalized spacial score (nSPS) is 10.2. The Morgan fingerprint density at radius 1 is 1.45 bits per heavy atom. The van der Waals surface area contributed by atoms with Crippen LogP contribution in [0.3, 0.4) is 0 Å². The summed E-state index contributed by atoms with van der Waals surface area (Å²) in [6.45, 7) is 0. The molecule has 0 aliphatic heterocycles. The number of aromatic carboxylic acids is 1. The van der Waals surface area contributed by atoms with Crippen molar-refractivity contribution in [1.82, 2.24) is 4.98 Å². The third-order valence-corrected chi connectivity index (χ3v) is 3.14. The lowest BCUT2D eigenvalue weighted by atomic mass is 10.1. The lowest BCUT2D eigenvalue weighted by molar-refractivity contribution is -0.115. The SMILES string of the molecule is Nc1nc(CC(=O)Nc2cccc(F)c2C(=O)O)cs1. The molecule has 0 spiro atoms. The van der Waals surface area contributed by atoms with Gasteiger partial charge in [0.05, 0.1) is 17.8 Å². The average molecular weight is 295 g/mol. The summed E-state index contributed by atoms with van der Waals surface area (Å²) in [6.07, 6.45) is -0.0662. The van der Waals surface area contributed by atoms with E-state index in [1.165, 1.54) is 23.5 Å². The van der Waals surface area contributed by atoms with Gasteiger partial charge in [-0.3, -0.25) is 4.79 Å². The van der Waals surface area contributed by atoms with Gasteiger partial charge in [-0.25, -0.2) is 14.2 Å². The molecule has 1 aromatic heterocycles. The molecule has 1 heterocycles. The first-order chi connectivity index (χ1) is 9.47. The van der Waals surface area contributed by atoms with Crippen LogP contribution >= 0.6 is 11.3 Å². The number of carboxylic acids is 1.